The summed E-state index contributed by atoms with van der Waals surface area (Å²) in [6.07, 6.45) is -1.42. The van der Waals surface area contributed by atoms with Crippen molar-refractivity contribution in [1.29, 1.82) is 0 Å². The van der Waals surface area contributed by atoms with Gasteiger partial charge in [-0.1, -0.05) is 11.3 Å². The van der Waals surface area contributed by atoms with Crippen LogP contribution in [0.4, 0.5) is 18.3 Å². The Morgan fingerprint density at radius 1 is 1.33 bits per heavy atom. The first kappa shape index (κ1) is 13.6. The Hall–Kier alpha value is -0.820. The molecule has 2 rings (SSSR count). The van der Waals surface area contributed by atoms with Gasteiger partial charge < -0.3 is 9.80 Å². The van der Waals surface area contributed by atoms with Crippen LogP contribution in [0.2, 0.25) is 0 Å². The number of thiazole rings is 1. The first-order valence-electron chi connectivity index (χ1n) is 5.82. The van der Waals surface area contributed by atoms with Gasteiger partial charge in [0.15, 0.2) is 5.13 Å². The van der Waals surface area contributed by atoms with Crippen LogP contribution in [0, 0.1) is 0 Å². The van der Waals surface area contributed by atoms with Gasteiger partial charge in [0.25, 0.3) is 0 Å². The fourth-order valence-corrected chi connectivity index (χ4v) is 2.95. The smallest absolute Gasteiger partial charge is 0.348 e. The summed E-state index contributed by atoms with van der Waals surface area (Å²) in [5.74, 6) is 0. The lowest BCUT2D eigenvalue weighted by Gasteiger charge is -2.35. The highest BCUT2D eigenvalue weighted by Gasteiger charge is 2.34. The second kappa shape index (κ2) is 5.05. The van der Waals surface area contributed by atoms with E-state index in [0.29, 0.717) is 11.2 Å². The van der Waals surface area contributed by atoms with Crippen molar-refractivity contribution >= 4 is 16.5 Å². The zero-order valence-corrected chi connectivity index (χ0v) is 11.2. The van der Waals surface area contributed by atoms with E-state index in [1.54, 1.807) is 0 Å². The average Bonchev–Trinajstić information content (AvgIpc) is 2.78. The topological polar surface area (TPSA) is 19.4 Å². The lowest BCUT2D eigenvalue weighted by molar-refractivity contribution is -0.134. The lowest BCUT2D eigenvalue weighted by atomic mass is 10.0. The molecule has 2 heterocycles. The van der Waals surface area contributed by atoms with Gasteiger partial charge in [0, 0.05) is 19.1 Å². The van der Waals surface area contributed by atoms with Crippen molar-refractivity contribution in [3.05, 3.63) is 11.1 Å². The van der Waals surface area contributed by atoms with Crippen LogP contribution in [0.1, 0.15) is 17.7 Å². The average molecular weight is 279 g/mol. The Bertz CT molecular complexity index is 394. The monoisotopic (exact) mass is 279 g/mol. The number of alkyl halides is 3. The summed E-state index contributed by atoms with van der Waals surface area (Å²) in [6, 6.07) is 0.517. The molecule has 1 aliphatic rings. The minimum Gasteiger partial charge on any atom is -0.348 e. The maximum Gasteiger partial charge on any atom is 0.427 e. The quantitative estimate of drug-likeness (QED) is 0.829. The van der Waals surface area contributed by atoms with Gasteiger partial charge in [-0.3, -0.25) is 0 Å². The van der Waals surface area contributed by atoms with E-state index in [2.05, 4.69) is 9.88 Å². The van der Waals surface area contributed by atoms with E-state index in [0.717, 1.165) is 43.5 Å². The van der Waals surface area contributed by atoms with Crippen LogP contribution in [0.25, 0.3) is 0 Å². The predicted octanol–water partition coefficient (Wildman–Crippen LogP) is 2.69. The van der Waals surface area contributed by atoms with Crippen molar-refractivity contribution in [2.24, 2.45) is 0 Å². The molecule has 0 spiro atoms. The van der Waals surface area contributed by atoms with Crippen molar-refractivity contribution in [3.63, 3.8) is 0 Å². The van der Waals surface area contributed by atoms with Crippen LogP contribution in [-0.4, -0.2) is 43.1 Å². The number of hydrogen-bond acceptors (Lipinski definition) is 4. The molecule has 0 aromatic carbocycles. The van der Waals surface area contributed by atoms with Crippen molar-refractivity contribution in [3.8, 4) is 0 Å². The van der Waals surface area contributed by atoms with Gasteiger partial charge in [0.2, 0.25) is 0 Å². The van der Waals surface area contributed by atoms with Gasteiger partial charge in [-0.05, 0) is 26.9 Å². The molecule has 0 amide bonds. The molecule has 3 nitrogen and oxygen atoms in total. The molecule has 0 saturated carbocycles. The van der Waals surface area contributed by atoms with Crippen molar-refractivity contribution in [2.45, 2.75) is 25.1 Å². The molecule has 1 aliphatic heterocycles. The van der Waals surface area contributed by atoms with E-state index >= 15 is 0 Å². The highest BCUT2D eigenvalue weighted by molar-refractivity contribution is 7.15. The second-order valence-electron chi connectivity index (χ2n) is 4.69. The molecule has 0 atom stereocenters. The van der Waals surface area contributed by atoms with Gasteiger partial charge in [0.05, 0.1) is 6.20 Å². The summed E-state index contributed by atoms with van der Waals surface area (Å²) in [7, 11) is 4.07. The summed E-state index contributed by atoms with van der Waals surface area (Å²) in [5, 5.41) is 0.486. The third-order valence-corrected chi connectivity index (χ3v) is 4.34. The number of anilines is 1. The van der Waals surface area contributed by atoms with Crippen LogP contribution < -0.4 is 4.90 Å². The lowest BCUT2D eigenvalue weighted by Crippen LogP contribution is -2.41. The zero-order chi connectivity index (χ0) is 13.3. The predicted molar refractivity (Wildman–Crippen MR) is 66.0 cm³/mol. The van der Waals surface area contributed by atoms with Crippen LogP contribution in [0.15, 0.2) is 6.20 Å². The van der Waals surface area contributed by atoms with Crippen LogP contribution in [0.5, 0.6) is 0 Å². The zero-order valence-electron chi connectivity index (χ0n) is 10.4. The fraction of sp³-hybridized carbons (Fsp3) is 0.727. The highest BCUT2D eigenvalue weighted by Crippen LogP contribution is 2.36. The summed E-state index contributed by atoms with van der Waals surface area (Å²) >= 11 is 0.732. The molecule has 18 heavy (non-hydrogen) atoms. The molecule has 1 aromatic rings. The molecule has 0 N–H and O–H groups in total. The SMILES string of the molecule is CN(C)C1CCN(c2ncc(C(F)(F)F)s2)CC1. The summed E-state index contributed by atoms with van der Waals surface area (Å²) in [6.45, 7) is 1.54. The first-order chi connectivity index (χ1) is 8.38. The summed E-state index contributed by atoms with van der Waals surface area (Å²) in [4.78, 5) is 7.38. The van der Waals surface area contributed by atoms with Gasteiger partial charge in [-0.2, -0.15) is 13.2 Å². The van der Waals surface area contributed by atoms with Gasteiger partial charge in [0.1, 0.15) is 4.88 Å². The number of aromatic nitrogens is 1. The Kier molecular flexibility index (Phi) is 3.82. The van der Waals surface area contributed by atoms with E-state index in [4.69, 9.17) is 0 Å². The Labute approximate surface area is 108 Å². The fourth-order valence-electron chi connectivity index (χ4n) is 2.12. The van der Waals surface area contributed by atoms with E-state index in [1.807, 2.05) is 19.0 Å². The van der Waals surface area contributed by atoms with Crippen LogP contribution >= 0.6 is 11.3 Å². The van der Waals surface area contributed by atoms with Crippen LogP contribution in [0.3, 0.4) is 0 Å². The molecular weight excluding hydrogens is 263 g/mol. The third kappa shape index (κ3) is 2.95. The van der Waals surface area contributed by atoms with E-state index in [1.165, 1.54) is 0 Å². The van der Waals surface area contributed by atoms with Crippen molar-refractivity contribution < 1.29 is 13.2 Å². The van der Waals surface area contributed by atoms with Gasteiger partial charge in [-0.25, -0.2) is 4.98 Å². The van der Waals surface area contributed by atoms with Crippen LogP contribution in [-0.2, 0) is 6.18 Å². The minimum atomic E-state index is -4.28. The van der Waals surface area contributed by atoms with Crippen molar-refractivity contribution in [1.82, 2.24) is 9.88 Å². The molecule has 1 fully saturated rings. The van der Waals surface area contributed by atoms with E-state index in [9.17, 15) is 13.2 Å². The van der Waals surface area contributed by atoms with E-state index < -0.39 is 11.1 Å². The number of nitrogens with zero attached hydrogens (tertiary/aromatic N) is 3. The molecule has 102 valence electrons. The van der Waals surface area contributed by atoms with Gasteiger partial charge >= 0.3 is 6.18 Å². The van der Waals surface area contributed by atoms with Crippen molar-refractivity contribution in [2.75, 3.05) is 32.1 Å². The molecule has 7 heteroatoms. The molecule has 0 aliphatic carbocycles. The normalized spacial score (nSPS) is 18.7. The highest BCUT2D eigenvalue weighted by atomic mass is 32.1. The number of halogens is 3. The molecule has 1 saturated heterocycles. The Morgan fingerprint density at radius 2 is 1.94 bits per heavy atom. The number of rotatable bonds is 2. The largest absolute Gasteiger partial charge is 0.427 e. The molecule has 0 radical (unpaired) electrons. The molecule has 1 aromatic heterocycles. The molecule has 0 bridgehead atoms. The maximum atomic E-state index is 12.5. The Morgan fingerprint density at radius 3 is 2.39 bits per heavy atom. The van der Waals surface area contributed by atoms with Gasteiger partial charge in [-0.15, -0.1) is 0 Å². The maximum absolute atomic E-state index is 12.5. The second-order valence-corrected chi connectivity index (χ2v) is 5.70. The minimum absolute atomic E-state index is 0.486. The molecular formula is C11H16F3N3S. The standard InChI is InChI=1S/C11H16F3N3S/c1-16(2)8-3-5-17(6-4-8)10-15-7-9(18-10)11(12,13)14/h7-8H,3-6H2,1-2H3. The summed E-state index contributed by atoms with van der Waals surface area (Å²) in [5.41, 5.74) is 0. The Balaban J connectivity index is 2.00. The molecule has 0 unspecified atom stereocenters. The number of hydrogen-bond donors (Lipinski definition) is 0. The summed E-state index contributed by atoms with van der Waals surface area (Å²) < 4.78 is 37.4. The number of piperidine rings is 1. The third-order valence-electron chi connectivity index (χ3n) is 3.24. The first-order valence-corrected chi connectivity index (χ1v) is 6.64. The van der Waals surface area contributed by atoms with E-state index in [-0.39, 0.29) is 0 Å².